The van der Waals surface area contributed by atoms with E-state index in [-0.39, 0.29) is 30.1 Å². The molecule has 8 heteroatoms. The quantitative estimate of drug-likeness (QED) is 0.359. The van der Waals surface area contributed by atoms with Crippen LogP contribution in [0.3, 0.4) is 0 Å². The van der Waals surface area contributed by atoms with E-state index >= 15 is 0 Å². The van der Waals surface area contributed by atoms with Gasteiger partial charge < -0.3 is 29.3 Å². The number of nitrogens with zero attached hydrogens (tertiary/aromatic N) is 2. The van der Waals surface area contributed by atoms with Crippen molar-refractivity contribution in [3.8, 4) is 28.4 Å². The molecule has 8 nitrogen and oxygen atoms in total. The SMILES string of the molecule is COc1cccc2c1Oc1cc(-c3ccccc3NC(C)=O)ccc1N2[C@H]1C[C@H]2CC[C@@H](C1)N2C(=O)OC(C)(C)C. The Hall–Kier alpha value is -4.20. The molecule has 2 bridgehead atoms. The number of carbonyl (C=O) groups excluding carboxylic acids is 2. The highest BCUT2D eigenvalue weighted by Crippen LogP contribution is 2.54. The van der Waals surface area contributed by atoms with Crippen LogP contribution in [0, 0.1) is 0 Å². The van der Waals surface area contributed by atoms with Crippen molar-refractivity contribution in [2.45, 2.75) is 77.1 Å². The lowest BCUT2D eigenvalue weighted by Crippen LogP contribution is -2.53. The van der Waals surface area contributed by atoms with Crippen LogP contribution in [0.1, 0.15) is 53.4 Å². The van der Waals surface area contributed by atoms with Gasteiger partial charge in [0.15, 0.2) is 17.2 Å². The number of anilines is 3. The number of piperidine rings is 1. The van der Waals surface area contributed by atoms with Crippen LogP contribution in [0.5, 0.6) is 17.2 Å². The van der Waals surface area contributed by atoms with E-state index in [2.05, 4.69) is 28.4 Å². The molecule has 0 aliphatic carbocycles. The van der Waals surface area contributed by atoms with E-state index in [0.29, 0.717) is 11.5 Å². The fourth-order valence-electron chi connectivity index (χ4n) is 6.56. The summed E-state index contributed by atoms with van der Waals surface area (Å²) in [5, 5.41) is 2.94. The molecule has 6 rings (SSSR count). The summed E-state index contributed by atoms with van der Waals surface area (Å²) in [4.78, 5) is 29.3. The number of ether oxygens (including phenoxy) is 3. The summed E-state index contributed by atoms with van der Waals surface area (Å²) in [6.45, 7) is 7.25. The lowest BCUT2D eigenvalue weighted by atomic mass is 9.93. The Labute approximate surface area is 241 Å². The van der Waals surface area contributed by atoms with Crippen LogP contribution in [0.25, 0.3) is 11.1 Å². The van der Waals surface area contributed by atoms with Gasteiger partial charge in [0, 0.05) is 36.3 Å². The Bertz CT molecular complexity index is 1480. The standard InChI is InChI=1S/C33H37N3O5/c1-20(37)34-26-10-7-6-9-25(26)21-13-16-27-30(17-21)40-31-28(11-8-12-29(31)39-5)36(27)24-18-22-14-15-23(19-24)35(22)32(38)41-33(2,3)4/h6-13,16-17,22-24H,14-15,18-19H2,1-5H3,(H,34,37)/t22-,23+,24+. The number of hydrogen-bond donors (Lipinski definition) is 1. The normalized spacial score (nSPS) is 21.0. The van der Waals surface area contributed by atoms with Gasteiger partial charge >= 0.3 is 6.09 Å². The van der Waals surface area contributed by atoms with Gasteiger partial charge in [-0.15, -0.1) is 0 Å². The first-order chi connectivity index (χ1) is 19.6. The van der Waals surface area contributed by atoms with Gasteiger partial charge in [0.25, 0.3) is 0 Å². The number of hydrogen-bond acceptors (Lipinski definition) is 6. The monoisotopic (exact) mass is 555 g/mol. The summed E-state index contributed by atoms with van der Waals surface area (Å²) >= 11 is 0. The van der Waals surface area contributed by atoms with E-state index in [0.717, 1.165) is 59.6 Å². The topological polar surface area (TPSA) is 80.3 Å². The summed E-state index contributed by atoms with van der Waals surface area (Å²) in [7, 11) is 1.65. The fraction of sp³-hybridized carbons (Fsp3) is 0.394. The number of methoxy groups -OCH3 is 1. The molecule has 3 aromatic rings. The Morgan fingerprint density at radius 3 is 2.34 bits per heavy atom. The number of amides is 2. The highest BCUT2D eigenvalue weighted by Gasteiger charge is 2.47. The lowest BCUT2D eigenvalue weighted by Gasteiger charge is -2.46. The molecule has 0 aromatic heterocycles. The average Bonchev–Trinajstić information content (AvgIpc) is 3.20. The van der Waals surface area contributed by atoms with Crippen molar-refractivity contribution in [2.24, 2.45) is 0 Å². The maximum absolute atomic E-state index is 13.1. The van der Waals surface area contributed by atoms with E-state index in [1.54, 1.807) is 7.11 Å². The van der Waals surface area contributed by atoms with E-state index < -0.39 is 5.60 Å². The molecule has 2 saturated heterocycles. The first-order valence-electron chi connectivity index (χ1n) is 14.3. The number of benzene rings is 3. The average molecular weight is 556 g/mol. The van der Waals surface area contributed by atoms with Crippen LogP contribution in [0.4, 0.5) is 21.9 Å². The van der Waals surface area contributed by atoms with Gasteiger partial charge in [-0.05, 0) is 82.3 Å². The summed E-state index contributed by atoms with van der Waals surface area (Å²) < 4.78 is 18.1. The van der Waals surface area contributed by atoms with Gasteiger partial charge in [-0.2, -0.15) is 0 Å². The van der Waals surface area contributed by atoms with Gasteiger partial charge in [0.2, 0.25) is 5.91 Å². The predicted octanol–water partition coefficient (Wildman–Crippen LogP) is 7.49. The van der Waals surface area contributed by atoms with Crippen molar-refractivity contribution in [3.05, 3.63) is 60.7 Å². The highest BCUT2D eigenvalue weighted by atomic mass is 16.6. The van der Waals surface area contributed by atoms with E-state index in [1.165, 1.54) is 6.92 Å². The van der Waals surface area contributed by atoms with Gasteiger partial charge in [0.05, 0.1) is 18.5 Å². The molecule has 1 N–H and O–H groups in total. The van der Waals surface area contributed by atoms with Crippen LogP contribution in [-0.4, -0.2) is 47.7 Å². The van der Waals surface area contributed by atoms with Gasteiger partial charge in [-0.1, -0.05) is 30.3 Å². The van der Waals surface area contributed by atoms with Crippen molar-refractivity contribution in [1.82, 2.24) is 4.90 Å². The van der Waals surface area contributed by atoms with Crippen LogP contribution in [0.2, 0.25) is 0 Å². The lowest BCUT2D eigenvalue weighted by molar-refractivity contribution is -0.114. The molecule has 2 amide bonds. The van der Waals surface area contributed by atoms with Crippen molar-refractivity contribution >= 4 is 29.1 Å². The third-order valence-corrected chi connectivity index (χ3v) is 8.10. The maximum atomic E-state index is 13.1. The Morgan fingerprint density at radius 1 is 0.927 bits per heavy atom. The molecule has 0 unspecified atom stereocenters. The molecular formula is C33H37N3O5. The zero-order valence-electron chi connectivity index (χ0n) is 24.3. The molecule has 0 saturated carbocycles. The minimum absolute atomic E-state index is 0.121. The van der Waals surface area contributed by atoms with Crippen molar-refractivity contribution < 1.29 is 23.8 Å². The van der Waals surface area contributed by atoms with Crippen molar-refractivity contribution in [1.29, 1.82) is 0 Å². The van der Waals surface area contributed by atoms with Crippen LogP contribution < -0.4 is 19.7 Å². The molecule has 0 spiro atoms. The largest absolute Gasteiger partial charge is 0.493 e. The maximum Gasteiger partial charge on any atom is 0.410 e. The number of para-hydroxylation sites is 2. The highest BCUT2D eigenvalue weighted by molar-refractivity contribution is 5.95. The zero-order chi connectivity index (χ0) is 28.9. The van der Waals surface area contributed by atoms with Crippen LogP contribution in [0.15, 0.2) is 60.7 Å². The third kappa shape index (κ3) is 5.07. The molecule has 3 atom stereocenters. The summed E-state index contributed by atoms with van der Waals surface area (Å²) in [5.41, 5.74) is 4.00. The first kappa shape index (κ1) is 27.0. The summed E-state index contributed by atoms with van der Waals surface area (Å²) in [6, 6.07) is 20.3. The van der Waals surface area contributed by atoms with Gasteiger partial charge in [-0.25, -0.2) is 4.79 Å². The minimum Gasteiger partial charge on any atom is -0.493 e. The van der Waals surface area contributed by atoms with E-state index in [4.69, 9.17) is 14.2 Å². The van der Waals surface area contributed by atoms with Crippen molar-refractivity contribution in [3.63, 3.8) is 0 Å². The van der Waals surface area contributed by atoms with Crippen LogP contribution >= 0.6 is 0 Å². The fourth-order valence-corrected chi connectivity index (χ4v) is 6.56. The summed E-state index contributed by atoms with van der Waals surface area (Å²) in [5.74, 6) is 1.94. The molecule has 214 valence electrons. The Kier molecular flexibility index (Phi) is 6.80. The number of rotatable bonds is 4. The van der Waals surface area contributed by atoms with Crippen molar-refractivity contribution in [2.75, 3.05) is 17.3 Å². The molecular weight excluding hydrogens is 518 g/mol. The molecule has 3 aromatic carbocycles. The molecule has 2 fully saturated rings. The number of nitrogens with one attached hydrogen (secondary N) is 1. The second-order valence-electron chi connectivity index (χ2n) is 12.1. The number of fused-ring (bicyclic) bond motifs is 4. The molecule has 3 aliphatic heterocycles. The van der Waals surface area contributed by atoms with E-state index in [1.807, 2.05) is 68.1 Å². The smallest absolute Gasteiger partial charge is 0.410 e. The molecule has 3 aliphatic rings. The first-order valence-corrected chi connectivity index (χ1v) is 14.3. The Morgan fingerprint density at radius 2 is 1.66 bits per heavy atom. The van der Waals surface area contributed by atoms with E-state index in [9.17, 15) is 9.59 Å². The minimum atomic E-state index is -0.526. The second-order valence-corrected chi connectivity index (χ2v) is 12.1. The molecule has 3 heterocycles. The second kappa shape index (κ2) is 10.3. The molecule has 0 radical (unpaired) electrons. The van der Waals surface area contributed by atoms with Gasteiger partial charge in [-0.3, -0.25) is 4.79 Å². The number of carbonyl (C=O) groups is 2. The zero-order valence-corrected chi connectivity index (χ0v) is 24.3. The predicted molar refractivity (Wildman–Crippen MR) is 159 cm³/mol. The Balaban J connectivity index is 1.38. The molecule has 41 heavy (non-hydrogen) atoms. The van der Waals surface area contributed by atoms with Crippen LogP contribution in [-0.2, 0) is 9.53 Å². The van der Waals surface area contributed by atoms with Gasteiger partial charge in [0.1, 0.15) is 5.60 Å². The summed E-state index contributed by atoms with van der Waals surface area (Å²) in [6.07, 6.45) is 3.40. The third-order valence-electron chi connectivity index (χ3n) is 8.10.